The standard InChI is InChI=1S/C11H6BrN3O3/c12-4-1-2-6-5(3-4)7(9(16)13-6)8-10(17)15-11(18)14-8/h1-3H,(H,13,16)(H2,14,15,17,18)/b8-7+. The molecular formula is C11H6BrN3O3. The van der Waals surface area contributed by atoms with Gasteiger partial charge in [0, 0.05) is 15.7 Å². The predicted octanol–water partition coefficient (Wildman–Crippen LogP) is 0.952. The third-order valence-corrected chi connectivity index (χ3v) is 3.16. The van der Waals surface area contributed by atoms with Crippen LogP contribution >= 0.6 is 15.9 Å². The number of rotatable bonds is 0. The lowest BCUT2D eigenvalue weighted by atomic mass is 10.1. The Morgan fingerprint density at radius 3 is 2.39 bits per heavy atom. The summed E-state index contributed by atoms with van der Waals surface area (Å²) in [6.45, 7) is 0. The highest BCUT2D eigenvalue weighted by Crippen LogP contribution is 2.35. The van der Waals surface area contributed by atoms with E-state index in [0.717, 1.165) is 4.47 Å². The van der Waals surface area contributed by atoms with Gasteiger partial charge in [0.05, 0.1) is 5.57 Å². The molecule has 6 nitrogen and oxygen atoms in total. The van der Waals surface area contributed by atoms with E-state index < -0.39 is 17.8 Å². The van der Waals surface area contributed by atoms with Gasteiger partial charge >= 0.3 is 6.03 Å². The summed E-state index contributed by atoms with van der Waals surface area (Å²) in [7, 11) is 0. The molecule has 0 aliphatic carbocycles. The third kappa shape index (κ3) is 1.52. The summed E-state index contributed by atoms with van der Waals surface area (Å²) in [5.41, 5.74) is 1.35. The minimum Gasteiger partial charge on any atom is -0.321 e. The largest absolute Gasteiger partial charge is 0.326 e. The molecule has 0 bridgehead atoms. The molecule has 3 N–H and O–H groups in total. The van der Waals surface area contributed by atoms with Crippen LogP contribution in [0.1, 0.15) is 5.56 Å². The minimum absolute atomic E-state index is 0.0191. The van der Waals surface area contributed by atoms with Crippen LogP contribution in [0, 0.1) is 0 Å². The van der Waals surface area contributed by atoms with Gasteiger partial charge in [-0.25, -0.2) is 4.79 Å². The number of urea groups is 1. The summed E-state index contributed by atoms with van der Waals surface area (Å²) < 4.78 is 0.778. The molecule has 90 valence electrons. The molecule has 3 rings (SSSR count). The molecule has 2 aliphatic heterocycles. The number of nitrogens with one attached hydrogen (secondary N) is 3. The van der Waals surface area contributed by atoms with Crippen molar-refractivity contribution in [1.82, 2.24) is 10.6 Å². The van der Waals surface area contributed by atoms with Crippen molar-refractivity contribution in [1.29, 1.82) is 0 Å². The zero-order chi connectivity index (χ0) is 12.9. The van der Waals surface area contributed by atoms with Crippen LogP contribution in [0.25, 0.3) is 5.57 Å². The van der Waals surface area contributed by atoms with Crippen LogP contribution in [0.15, 0.2) is 28.4 Å². The van der Waals surface area contributed by atoms with Crippen LogP contribution in [-0.2, 0) is 9.59 Å². The summed E-state index contributed by atoms with van der Waals surface area (Å²) >= 11 is 3.30. The number of hydrogen-bond acceptors (Lipinski definition) is 3. The van der Waals surface area contributed by atoms with Crippen molar-refractivity contribution in [3.05, 3.63) is 33.9 Å². The highest BCUT2D eigenvalue weighted by molar-refractivity contribution is 9.10. The fourth-order valence-electron chi connectivity index (χ4n) is 1.93. The van der Waals surface area contributed by atoms with E-state index in [2.05, 4.69) is 31.9 Å². The summed E-state index contributed by atoms with van der Waals surface area (Å²) in [5.74, 6) is -1.01. The number of amides is 4. The first kappa shape index (κ1) is 11.0. The molecule has 4 amide bonds. The molecule has 2 heterocycles. The van der Waals surface area contributed by atoms with E-state index in [-0.39, 0.29) is 11.3 Å². The first-order chi connectivity index (χ1) is 8.56. The Kier molecular flexibility index (Phi) is 2.24. The average Bonchev–Trinajstić information content (AvgIpc) is 2.77. The zero-order valence-corrected chi connectivity index (χ0v) is 10.4. The van der Waals surface area contributed by atoms with Gasteiger partial charge in [-0.05, 0) is 18.2 Å². The molecular weight excluding hydrogens is 302 g/mol. The molecule has 0 aromatic heterocycles. The molecule has 2 aliphatic rings. The Balaban J connectivity index is 2.23. The molecule has 1 fully saturated rings. The monoisotopic (exact) mass is 307 g/mol. The van der Waals surface area contributed by atoms with Gasteiger partial charge in [-0.15, -0.1) is 0 Å². The second kappa shape index (κ2) is 3.67. The first-order valence-corrected chi connectivity index (χ1v) is 5.83. The zero-order valence-electron chi connectivity index (χ0n) is 8.83. The molecule has 0 radical (unpaired) electrons. The molecule has 1 saturated heterocycles. The van der Waals surface area contributed by atoms with Gasteiger partial charge in [0.25, 0.3) is 11.8 Å². The van der Waals surface area contributed by atoms with Gasteiger partial charge in [0.2, 0.25) is 0 Å². The van der Waals surface area contributed by atoms with E-state index in [0.29, 0.717) is 11.3 Å². The van der Waals surface area contributed by atoms with Gasteiger partial charge in [0.1, 0.15) is 5.70 Å². The van der Waals surface area contributed by atoms with Crippen LogP contribution in [0.2, 0.25) is 0 Å². The van der Waals surface area contributed by atoms with Crippen LogP contribution in [0.5, 0.6) is 0 Å². The molecule has 0 unspecified atom stereocenters. The van der Waals surface area contributed by atoms with E-state index in [9.17, 15) is 14.4 Å². The van der Waals surface area contributed by atoms with Gasteiger partial charge < -0.3 is 10.6 Å². The van der Waals surface area contributed by atoms with E-state index in [1.165, 1.54) is 0 Å². The fourth-order valence-corrected chi connectivity index (χ4v) is 2.29. The Labute approximate surface area is 110 Å². The number of anilines is 1. The molecule has 0 atom stereocenters. The maximum atomic E-state index is 11.9. The number of halogens is 1. The van der Waals surface area contributed by atoms with Gasteiger partial charge in [-0.2, -0.15) is 0 Å². The Morgan fingerprint density at radius 2 is 1.72 bits per heavy atom. The normalized spacial score (nSPS) is 21.5. The maximum absolute atomic E-state index is 11.9. The Bertz CT molecular complexity index is 651. The predicted molar refractivity (Wildman–Crippen MR) is 66.4 cm³/mol. The molecule has 0 spiro atoms. The molecule has 0 saturated carbocycles. The van der Waals surface area contributed by atoms with E-state index in [1.54, 1.807) is 18.2 Å². The average molecular weight is 308 g/mol. The van der Waals surface area contributed by atoms with Crippen molar-refractivity contribution < 1.29 is 14.4 Å². The van der Waals surface area contributed by atoms with Crippen molar-refractivity contribution >= 4 is 45.0 Å². The summed E-state index contributed by atoms with van der Waals surface area (Å²) in [6, 6.07) is 4.59. The molecule has 18 heavy (non-hydrogen) atoms. The number of carbonyl (C=O) groups excluding carboxylic acids is 3. The van der Waals surface area contributed by atoms with Gasteiger partial charge in [-0.3, -0.25) is 14.9 Å². The van der Waals surface area contributed by atoms with Crippen LogP contribution in [0.4, 0.5) is 10.5 Å². The number of hydrogen-bond donors (Lipinski definition) is 3. The summed E-state index contributed by atoms with van der Waals surface area (Å²) in [4.78, 5) is 34.5. The molecule has 1 aromatic rings. The quantitative estimate of drug-likeness (QED) is 0.492. The van der Waals surface area contributed by atoms with E-state index >= 15 is 0 Å². The minimum atomic E-state index is -0.626. The first-order valence-electron chi connectivity index (χ1n) is 5.04. The van der Waals surface area contributed by atoms with Crippen molar-refractivity contribution in [2.75, 3.05) is 5.32 Å². The third-order valence-electron chi connectivity index (χ3n) is 2.67. The Morgan fingerprint density at radius 1 is 0.944 bits per heavy atom. The number of imide groups is 1. The van der Waals surface area contributed by atoms with Gasteiger partial charge in [-0.1, -0.05) is 15.9 Å². The Hall–Kier alpha value is -2.15. The van der Waals surface area contributed by atoms with Gasteiger partial charge in [0.15, 0.2) is 0 Å². The van der Waals surface area contributed by atoms with Crippen molar-refractivity contribution in [3.63, 3.8) is 0 Å². The highest BCUT2D eigenvalue weighted by Gasteiger charge is 2.34. The molecule has 1 aromatic carbocycles. The lowest BCUT2D eigenvalue weighted by molar-refractivity contribution is -0.116. The van der Waals surface area contributed by atoms with Crippen molar-refractivity contribution in [2.45, 2.75) is 0 Å². The van der Waals surface area contributed by atoms with Crippen molar-refractivity contribution in [2.24, 2.45) is 0 Å². The van der Waals surface area contributed by atoms with Crippen molar-refractivity contribution in [3.8, 4) is 0 Å². The second-order valence-electron chi connectivity index (χ2n) is 3.80. The fraction of sp³-hybridized carbons (Fsp3) is 0. The van der Waals surface area contributed by atoms with E-state index in [1.807, 2.05) is 0 Å². The van der Waals surface area contributed by atoms with E-state index in [4.69, 9.17) is 0 Å². The van der Waals surface area contributed by atoms with Crippen LogP contribution in [-0.4, -0.2) is 17.8 Å². The maximum Gasteiger partial charge on any atom is 0.326 e. The SMILES string of the molecule is O=C1NC(=O)/C(=C2\C(=O)Nc3ccc(Br)cc32)N1. The number of carbonyl (C=O) groups is 3. The molecule has 7 heteroatoms. The lowest BCUT2D eigenvalue weighted by Gasteiger charge is -2.01. The van der Waals surface area contributed by atoms with Crippen LogP contribution in [0.3, 0.4) is 0 Å². The topological polar surface area (TPSA) is 87.3 Å². The number of fused-ring (bicyclic) bond motifs is 1. The lowest BCUT2D eigenvalue weighted by Crippen LogP contribution is -2.22. The van der Waals surface area contributed by atoms with Crippen LogP contribution < -0.4 is 16.0 Å². The number of benzene rings is 1. The summed E-state index contributed by atoms with van der Waals surface area (Å²) in [5, 5.41) is 7.05. The summed E-state index contributed by atoms with van der Waals surface area (Å²) in [6.07, 6.45) is 0. The highest BCUT2D eigenvalue weighted by atomic mass is 79.9. The second-order valence-corrected chi connectivity index (χ2v) is 4.72. The smallest absolute Gasteiger partial charge is 0.321 e.